The molecule has 2 bridgehead atoms. The number of ketones is 1. The maximum absolute atomic E-state index is 11.1. The van der Waals surface area contributed by atoms with Gasteiger partial charge in [-0.3, -0.25) is 9.59 Å². The van der Waals surface area contributed by atoms with Gasteiger partial charge in [-0.1, -0.05) is 0 Å². The van der Waals surface area contributed by atoms with Gasteiger partial charge in [0.2, 0.25) is 0 Å². The van der Waals surface area contributed by atoms with E-state index in [0.29, 0.717) is 12.8 Å². The lowest BCUT2D eigenvalue weighted by Gasteiger charge is -2.19. The van der Waals surface area contributed by atoms with Crippen molar-refractivity contribution in [1.29, 1.82) is 0 Å². The maximum Gasteiger partial charge on any atom is 0.306 e. The normalized spacial score (nSPS) is 36.7. The van der Waals surface area contributed by atoms with Crippen molar-refractivity contribution in [3.05, 3.63) is 0 Å². The van der Waals surface area contributed by atoms with E-state index in [4.69, 9.17) is 4.74 Å². The third-order valence-electron chi connectivity index (χ3n) is 2.42. The molecule has 2 saturated heterocycles. The molecule has 0 N–H and O–H groups in total. The van der Waals surface area contributed by atoms with Crippen LogP contribution in [0.1, 0.15) is 25.7 Å². The van der Waals surface area contributed by atoms with Crippen molar-refractivity contribution in [2.75, 3.05) is 0 Å². The maximum atomic E-state index is 11.1. The van der Waals surface area contributed by atoms with Crippen molar-refractivity contribution in [3.8, 4) is 0 Å². The third-order valence-corrected chi connectivity index (χ3v) is 2.42. The quantitative estimate of drug-likeness (QED) is 0.482. The van der Waals surface area contributed by atoms with Gasteiger partial charge in [0.25, 0.3) is 0 Å². The lowest BCUT2D eigenvalue weighted by Crippen LogP contribution is -2.27. The summed E-state index contributed by atoms with van der Waals surface area (Å²) >= 11 is 0. The van der Waals surface area contributed by atoms with Gasteiger partial charge in [0.15, 0.2) is 11.9 Å². The predicted molar refractivity (Wildman–Crippen MR) is 36.8 cm³/mol. The monoisotopic (exact) mass is 154 g/mol. The summed E-state index contributed by atoms with van der Waals surface area (Å²) in [6.45, 7) is 0. The van der Waals surface area contributed by atoms with Crippen molar-refractivity contribution in [1.82, 2.24) is 0 Å². The zero-order valence-electron chi connectivity index (χ0n) is 6.21. The minimum absolute atomic E-state index is 0.118. The summed E-state index contributed by atoms with van der Waals surface area (Å²) in [5, 5.41) is 0. The zero-order valence-corrected chi connectivity index (χ0v) is 6.21. The van der Waals surface area contributed by atoms with Gasteiger partial charge in [-0.15, -0.1) is 0 Å². The molecule has 0 spiro atoms. The van der Waals surface area contributed by atoms with E-state index in [1.807, 2.05) is 0 Å². The average Bonchev–Trinajstić information content (AvgIpc) is 2.16. The van der Waals surface area contributed by atoms with Crippen molar-refractivity contribution < 1.29 is 14.3 Å². The number of fused-ring (bicyclic) bond motifs is 4. The Bertz CT molecular complexity index is 207. The molecule has 0 amide bonds. The number of carbonyl (C=O) groups excluding carboxylic acids is 2. The zero-order chi connectivity index (χ0) is 7.84. The van der Waals surface area contributed by atoms with Crippen molar-refractivity contribution >= 4 is 11.8 Å². The van der Waals surface area contributed by atoms with Crippen molar-refractivity contribution in [2.24, 2.45) is 5.92 Å². The smallest absolute Gasteiger partial charge is 0.306 e. The molecule has 0 radical (unpaired) electrons. The Balaban J connectivity index is 2.22. The average molecular weight is 154 g/mol. The van der Waals surface area contributed by atoms with Gasteiger partial charge in [-0.2, -0.15) is 0 Å². The summed E-state index contributed by atoms with van der Waals surface area (Å²) in [7, 11) is 0. The van der Waals surface area contributed by atoms with Crippen molar-refractivity contribution in [3.63, 3.8) is 0 Å². The van der Waals surface area contributed by atoms with Crippen LogP contribution in [0.3, 0.4) is 0 Å². The van der Waals surface area contributed by atoms with Gasteiger partial charge in [0.1, 0.15) is 0 Å². The van der Waals surface area contributed by atoms with Crippen LogP contribution in [-0.2, 0) is 14.3 Å². The van der Waals surface area contributed by atoms with Crippen LogP contribution >= 0.6 is 0 Å². The lowest BCUT2D eigenvalue weighted by atomic mass is 9.86. The summed E-state index contributed by atoms with van der Waals surface area (Å²) in [5.41, 5.74) is 0. The molecule has 1 aliphatic carbocycles. The summed E-state index contributed by atoms with van der Waals surface area (Å²) in [6, 6.07) is 0. The molecule has 3 heteroatoms. The Morgan fingerprint density at radius 1 is 1.18 bits per heavy atom. The Labute approximate surface area is 64.7 Å². The van der Waals surface area contributed by atoms with E-state index < -0.39 is 6.10 Å². The molecule has 0 aromatic carbocycles. The number of ether oxygens (including phenoxy) is 1. The van der Waals surface area contributed by atoms with Gasteiger partial charge in [-0.05, 0) is 18.8 Å². The highest BCUT2D eigenvalue weighted by Gasteiger charge is 2.36. The fraction of sp³-hybridized carbons (Fsp3) is 0.750. The standard InChI is InChI=1S/C8H10O3/c9-6-3-5-1-2-7(6)11-8(10)4-5/h5,7H,1-4H2. The van der Waals surface area contributed by atoms with Crippen molar-refractivity contribution in [2.45, 2.75) is 31.8 Å². The van der Waals surface area contributed by atoms with Crippen LogP contribution in [-0.4, -0.2) is 17.9 Å². The van der Waals surface area contributed by atoms with E-state index in [0.717, 1.165) is 12.8 Å². The Morgan fingerprint density at radius 3 is 2.73 bits per heavy atom. The molecule has 3 nitrogen and oxygen atoms in total. The number of carbonyl (C=O) groups is 2. The van der Waals surface area contributed by atoms with Crippen LogP contribution in [0.5, 0.6) is 0 Å². The summed E-state index contributed by atoms with van der Waals surface area (Å²) in [5.74, 6) is 0.198. The fourth-order valence-corrected chi connectivity index (χ4v) is 1.81. The first-order chi connectivity index (χ1) is 5.25. The van der Waals surface area contributed by atoms with Gasteiger partial charge in [0.05, 0.1) is 0 Å². The van der Waals surface area contributed by atoms with E-state index in [9.17, 15) is 9.59 Å². The second-order valence-corrected chi connectivity index (χ2v) is 3.30. The second-order valence-electron chi connectivity index (χ2n) is 3.30. The predicted octanol–water partition coefficient (Wildman–Crippen LogP) is 0.671. The van der Waals surface area contributed by atoms with Crippen LogP contribution in [0.4, 0.5) is 0 Å². The summed E-state index contributed by atoms with van der Waals surface area (Å²) < 4.78 is 4.93. The fourth-order valence-electron chi connectivity index (χ4n) is 1.81. The number of hydrogen-bond acceptors (Lipinski definition) is 3. The highest BCUT2D eigenvalue weighted by molar-refractivity contribution is 5.88. The molecule has 2 heterocycles. The Morgan fingerprint density at radius 2 is 2.00 bits per heavy atom. The molecule has 60 valence electrons. The minimum Gasteiger partial charge on any atom is -0.454 e. The van der Waals surface area contributed by atoms with Crippen LogP contribution in [0.15, 0.2) is 0 Å². The number of rotatable bonds is 0. The molecule has 2 unspecified atom stereocenters. The van der Waals surface area contributed by atoms with Crippen LogP contribution in [0.2, 0.25) is 0 Å². The SMILES string of the molecule is O=C1CC2CCC(O1)C(=O)C2. The van der Waals surface area contributed by atoms with Gasteiger partial charge in [-0.25, -0.2) is 0 Å². The second kappa shape index (κ2) is 2.32. The molecule has 3 fully saturated rings. The summed E-state index contributed by atoms with van der Waals surface area (Å²) in [4.78, 5) is 22.1. The van der Waals surface area contributed by atoms with Crippen LogP contribution < -0.4 is 0 Å². The Kier molecular flexibility index (Phi) is 1.44. The largest absolute Gasteiger partial charge is 0.454 e. The van der Waals surface area contributed by atoms with E-state index in [1.165, 1.54) is 0 Å². The van der Waals surface area contributed by atoms with Crippen LogP contribution in [0, 0.1) is 5.92 Å². The molecule has 0 aromatic rings. The first kappa shape index (κ1) is 6.83. The molecular weight excluding hydrogens is 144 g/mol. The van der Waals surface area contributed by atoms with Crippen LogP contribution in [0.25, 0.3) is 0 Å². The van der Waals surface area contributed by atoms with E-state index in [-0.39, 0.29) is 17.7 Å². The number of hydrogen-bond donors (Lipinski definition) is 0. The lowest BCUT2D eigenvalue weighted by molar-refractivity contribution is -0.152. The molecule has 2 aliphatic heterocycles. The molecule has 2 atom stereocenters. The Hall–Kier alpha value is -0.860. The molecule has 3 aliphatic rings. The topological polar surface area (TPSA) is 43.4 Å². The van der Waals surface area contributed by atoms with Gasteiger partial charge >= 0.3 is 5.97 Å². The van der Waals surface area contributed by atoms with E-state index in [2.05, 4.69) is 0 Å². The highest BCUT2D eigenvalue weighted by atomic mass is 16.5. The number of esters is 1. The minimum atomic E-state index is -0.402. The van der Waals surface area contributed by atoms with Gasteiger partial charge in [0, 0.05) is 12.8 Å². The van der Waals surface area contributed by atoms with E-state index >= 15 is 0 Å². The summed E-state index contributed by atoms with van der Waals surface area (Å²) in [6.07, 6.45) is 2.32. The molecule has 0 aromatic heterocycles. The third kappa shape index (κ3) is 1.15. The van der Waals surface area contributed by atoms with Gasteiger partial charge < -0.3 is 4.74 Å². The highest BCUT2D eigenvalue weighted by Crippen LogP contribution is 2.30. The molecular formula is C8H10O3. The molecule has 1 saturated carbocycles. The van der Waals surface area contributed by atoms with E-state index in [1.54, 1.807) is 0 Å². The first-order valence-corrected chi connectivity index (χ1v) is 3.98. The first-order valence-electron chi connectivity index (χ1n) is 3.98. The molecule has 3 rings (SSSR count). The molecule has 11 heavy (non-hydrogen) atoms. The number of Topliss-reactive ketones (excluding diaryl/α,β-unsaturated/α-hetero) is 1.